The number of nitrogens with one attached hydrogen (secondary N) is 5. The number of carbonyl (C=O) groups is 1. The van der Waals surface area contributed by atoms with E-state index in [4.69, 9.17) is 21.5 Å². The van der Waals surface area contributed by atoms with Crippen molar-refractivity contribution in [3.8, 4) is 6.01 Å². The molecule has 0 radical (unpaired) electrons. The first kappa shape index (κ1) is 21.8. The number of benzene rings is 2. The number of hydrogen-bond acceptors (Lipinski definition) is 10. The van der Waals surface area contributed by atoms with Gasteiger partial charge in [-0.1, -0.05) is 12.1 Å². The number of anilines is 4. The summed E-state index contributed by atoms with van der Waals surface area (Å²) in [5.41, 5.74) is 16.3. The van der Waals surface area contributed by atoms with Crippen LogP contribution in [0, 0.1) is 16.8 Å². The Morgan fingerprint density at radius 3 is 2.75 bits per heavy atom. The molecule has 3 aromatic rings. The SMILES string of the molecule is N=C/C=C\Nc1ccc(Nc2nc(ONc3ccccc3N=N)ncc2C(N)=O)cc1F. The molecule has 1 aromatic heterocycles. The number of nitrogens with two attached hydrogens (primary N) is 1. The second kappa shape index (κ2) is 10.2. The lowest BCUT2D eigenvalue weighted by Gasteiger charge is -2.12. The summed E-state index contributed by atoms with van der Waals surface area (Å²) < 4.78 is 14.3. The van der Waals surface area contributed by atoms with Crippen molar-refractivity contribution in [2.24, 2.45) is 10.8 Å². The molecule has 11 nitrogen and oxygen atoms in total. The lowest BCUT2D eigenvalue weighted by molar-refractivity contribution is 0.100. The van der Waals surface area contributed by atoms with E-state index in [2.05, 4.69) is 31.2 Å². The number of hydrogen-bond donors (Lipinski definition) is 6. The Labute approximate surface area is 181 Å². The molecule has 0 saturated carbocycles. The maximum Gasteiger partial charge on any atom is 0.344 e. The Morgan fingerprint density at radius 2 is 2.03 bits per heavy atom. The van der Waals surface area contributed by atoms with Gasteiger partial charge >= 0.3 is 6.01 Å². The minimum Gasteiger partial charge on any atom is -0.365 e. The van der Waals surface area contributed by atoms with Gasteiger partial charge in [-0.25, -0.2) is 20.4 Å². The molecule has 0 aliphatic rings. The molecule has 0 spiro atoms. The number of rotatable bonds is 10. The molecule has 1 heterocycles. The molecule has 2 aromatic carbocycles. The topological polar surface area (TPSA) is 174 Å². The smallest absolute Gasteiger partial charge is 0.344 e. The molecular weight excluding hydrogens is 417 g/mol. The van der Waals surface area contributed by atoms with Crippen LogP contribution in [0.1, 0.15) is 10.4 Å². The number of para-hydroxylation sites is 2. The average Bonchev–Trinajstić information content (AvgIpc) is 2.79. The summed E-state index contributed by atoms with van der Waals surface area (Å²) in [5, 5.41) is 15.8. The van der Waals surface area contributed by atoms with Crippen LogP contribution in [0.4, 0.5) is 33.0 Å². The molecule has 0 bridgehead atoms. The van der Waals surface area contributed by atoms with Gasteiger partial charge in [0.05, 0.1) is 11.4 Å². The molecule has 0 atom stereocenters. The predicted octanol–water partition coefficient (Wildman–Crippen LogP) is 4.10. The Balaban J connectivity index is 1.81. The highest BCUT2D eigenvalue weighted by Gasteiger charge is 2.15. The second-order valence-electron chi connectivity index (χ2n) is 6.10. The minimum atomic E-state index is -0.791. The van der Waals surface area contributed by atoms with Crippen LogP contribution in [0.3, 0.4) is 0 Å². The van der Waals surface area contributed by atoms with Crippen molar-refractivity contribution in [3.05, 3.63) is 72.3 Å². The molecule has 162 valence electrons. The van der Waals surface area contributed by atoms with E-state index in [1.165, 1.54) is 30.6 Å². The lowest BCUT2D eigenvalue weighted by atomic mass is 10.2. The first-order chi connectivity index (χ1) is 15.5. The van der Waals surface area contributed by atoms with E-state index in [0.29, 0.717) is 17.1 Å². The molecular formula is C20H18FN9O2. The van der Waals surface area contributed by atoms with Crippen molar-refractivity contribution in [1.82, 2.24) is 9.97 Å². The summed E-state index contributed by atoms with van der Waals surface area (Å²) in [4.78, 5) is 25.1. The monoisotopic (exact) mass is 435 g/mol. The number of allylic oxidation sites excluding steroid dienone is 1. The van der Waals surface area contributed by atoms with Crippen LogP contribution < -0.4 is 26.7 Å². The van der Waals surface area contributed by atoms with Crippen LogP contribution in [0.15, 0.2) is 66.1 Å². The van der Waals surface area contributed by atoms with Gasteiger partial charge in [0.15, 0.2) is 5.82 Å². The van der Waals surface area contributed by atoms with Crippen molar-refractivity contribution in [2.75, 3.05) is 16.1 Å². The zero-order valence-electron chi connectivity index (χ0n) is 16.5. The molecule has 32 heavy (non-hydrogen) atoms. The summed E-state index contributed by atoms with van der Waals surface area (Å²) in [7, 11) is 0. The highest BCUT2D eigenvalue weighted by atomic mass is 19.1. The maximum atomic E-state index is 14.3. The van der Waals surface area contributed by atoms with Crippen LogP contribution in [0.2, 0.25) is 0 Å². The summed E-state index contributed by atoms with van der Waals surface area (Å²) in [6.07, 6.45) is 5.04. The van der Waals surface area contributed by atoms with Gasteiger partial charge < -0.3 is 26.6 Å². The third kappa shape index (κ3) is 5.38. The highest BCUT2D eigenvalue weighted by molar-refractivity contribution is 5.98. The molecule has 12 heteroatoms. The molecule has 3 rings (SSSR count). The minimum absolute atomic E-state index is 0.00609. The van der Waals surface area contributed by atoms with E-state index in [-0.39, 0.29) is 23.1 Å². The second-order valence-corrected chi connectivity index (χ2v) is 6.10. The fourth-order valence-corrected chi connectivity index (χ4v) is 2.48. The van der Waals surface area contributed by atoms with Crippen LogP contribution in [0.5, 0.6) is 6.01 Å². The molecule has 0 unspecified atom stereocenters. The Hall–Kier alpha value is -4.87. The van der Waals surface area contributed by atoms with Crippen LogP contribution >= 0.6 is 0 Å². The highest BCUT2D eigenvalue weighted by Crippen LogP contribution is 2.26. The summed E-state index contributed by atoms with van der Waals surface area (Å²) >= 11 is 0. The molecule has 1 amide bonds. The molecule has 0 saturated heterocycles. The van der Waals surface area contributed by atoms with Crippen molar-refractivity contribution in [2.45, 2.75) is 0 Å². The quantitative estimate of drug-likeness (QED) is 0.158. The first-order valence-electron chi connectivity index (χ1n) is 9.06. The number of amides is 1. The van der Waals surface area contributed by atoms with E-state index in [0.717, 1.165) is 6.21 Å². The largest absolute Gasteiger partial charge is 0.365 e. The number of aromatic nitrogens is 2. The molecule has 7 N–H and O–H groups in total. The maximum absolute atomic E-state index is 14.3. The Morgan fingerprint density at radius 1 is 1.22 bits per heavy atom. The number of halogens is 1. The van der Waals surface area contributed by atoms with E-state index < -0.39 is 11.7 Å². The van der Waals surface area contributed by atoms with E-state index in [9.17, 15) is 9.18 Å². The Bertz CT molecular complexity index is 1180. The first-order valence-corrected chi connectivity index (χ1v) is 9.06. The number of primary amides is 1. The normalized spacial score (nSPS) is 10.4. The summed E-state index contributed by atoms with van der Waals surface area (Å²) in [6.45, 7) is 0. The van der Waals surface area contributed by atoms with Crippen LogP contribution in [-0.4, -0.2) is 22.1 Å². The zero-order chi connectivity index (χ0) is 22.9. The van der Waals surface area contributed by atoms with Gasteiger partial charge in [0, 0.05) is 24.3 Å². The lowest BCUT2D eigenvalue weighted by Crippen LogP contribution is -2.16. The van der Waals surface area contributed by atoms with Gasteiger partial charge in [0.25, 0.3) is 5.91 Å². The van der Waals surface area contributed by atoms with Gasteiger partial charge in [-0.05, 0) is 36.4 Å². The van der Waals surface area contributed by atoms with Crippen molar-refractivity contribution < 1.29 is 14.0 Å². The summed E-state index contributed by atoms with van der Waals surface area (Å²) in [6, 6.07) is 10.7. The van der Waals surface area contributed by atoms with Crippen LogP contribution in [-0.2, 0) is 0 Å². The fraction of sp³-hybridized carbons (Fsp3) is 0. The number of nitrogens with zero attached hydrogens (tertiary/aromatic N) is 3. The average molecular weight is 435 g/mol. The van der Waals surface area contributed by atoms with Gasteiger partial charge in [-0.2, -0.15) is 10.1 Å². The van der Waals surface area contributed by atoms with Gasteiger partial charge in [0.1, 0.15) is 17.1 Å². The predicted molar refractivity (Wildman–Crippen MR) is 117 cm³/mol. The van der Waals surface area contributed by atoms with Gasteiger partial charge in [-0.15, -0.1) is 0 Å². The molecule has 0 aliphatic heterocycles. The van der Waals surface area contributed by atoms with E-state index in [1.54, 1.807) is 30.3 Å². The standard InChI is InChI=1S/C20H18FN9O2/c21-14-10-12(6-7-15(14)25-9-3-8-22)27-19-13(18(23)31)11-26-20(28-19)32-30-17-5-2-1-4-16(17)29-24/h1-11,22,24-25,30H,(H2,23,31)(H,26,27,28)/b9-3-,22-8?,29-24?. The van der Waals surface area contributed by atoms with Gasteiger partial charge in [0.2, 0.25) is 0 Å². The molecule has 0 fully saturated rings. The zero-order valence-corrected chi connectivity index (χ0v) is 16.5. The van der Waals surface area contributed by atoms with Gasteiger partial charge in [-0.3, -0.25) is 4.79 Å². The number of carbonyl (C=O) groups excluding carboxylic acids is 1. The van der Waals surface area contributed by atoms with E-state index in [1.807, 2.05) is 0 Å². The third-order valence-corrected chi connectivity index (χ3v) is 3.97. The van der Waals surface area contributed by atoms with Crippen molar-refractivity contribution in [3.63, 3.8) is 0 Å². The Kier molecular flexibility index (Phi) is 6.99. The van der Waals surface area contributed by atoms with Crippen LogP contribution in [0.25, 0.3) is 0 Å². The third-order valence-electron chi connectivity index (χ3n) is 3.97. The summed E-state index contributed by atoms with van der Waals surface area (Å²) in [5.74, 6) is -1.36. The fourth-order valence-electron chi connectivity index (χ4n) is 2.48. The van der Waals surface area contributed by atoms with Crippen molar-refractivity contribution in [1.29, 1.82) is 10.9 Å². The molecule has 0 aliphatic carbocycles. The van der Waals surface area contributed by atoms with E-state index >= 15 is 0 Å². The van der Waals surface area contributed by atoms with Crippen molar-refractivity contribution >= 4 is 40.7 Å².